The summed E-state index contributed by atoms with van der Waals surface area (Å²) < 4.78 is 6.40. The first-order valence-corrected chi connectivity index (χ1v) is 7.16. The lowest BCUT2D eigenvalue weighted by Crippen LogP contribution is -2.51. The summed E-state index contributed by atoms with van der Waals surface area (Å²) in [5.74, 6) is 0.0563. The molecule has 2 rings (SSSR count). The predicted octanol–water partition coefficient (Wildman–Crippen LogP) is 1.70. The zero-order chi connectivity index (χ0) is 12.4. The van der Waals surface area contributed by atoms with E-state index in [2.05, 4.69) is 15.9 Å². The highest BCUT2D eigenvalue weighted by Gasteiger charge is 2.28. The van der Waals surface area contributed by atoms with Crippen molar-refractivity contribution in [2.75, 3.05) is 19.7 Å². The number of ether oxygens (including phenoxy) is 1. The van der Waals surface area contributed by atoms with Gasteiger partial charge < -0.3 is 15.4 Å². The quantitative estimate of drug-likeness (QED) is 0.903. The molecule has 1 saturated heterocycles. The maximum atomic E-state index is 12.3. The third kappa shape index (κ3) is 2.88. The molecule has 1 fully saturated rings. The molecular formula is C11H15BrN2O2S. The molecule has 0 spiro atoms. The number of rotatable bonds is 2. The van der Waals surface area contributed by atoms with Gasteiger partial charge in [-0.05, 0) is 34.3 Å². The van der Waals surface area contributed by atoms with Crippen LogP contribution in [0.15, 0.2) is 15.9 Å². The smallest absolute Gasteiger partial charge is 0.265 e. The molecule has 2 atom stereocenters. The Bertz CT molecular complexity index is 408. The Kier molecular flexibility index (Phi) is 4.19. The zero-order valence-electron chi connectivity index (χ0n) is 9.56. The van der Waals surface area contributed by atoms with Crippen LogP contribution in [0, 0.1) is 0 Å². The van der Waals surface area contributed by atoms with Crippen LogP contribution in [0.2, 0.25) is 0 Å². The molecule has 1 amide bonds. The van der Waals surface area contributed by atoms with E-state index in [9.17, 15) is 4.79 Å². The van der Waals surface area contributed by atoms with Crippen molar-refractivity contribution in [3.63, 3.8) is 0 Å². The standard InChI is InChI=1S/C11H15BrN2O2S/c1-7(13)9-6-14(3-4-16-9)11(15)10-8(12)2-5-17-10/h2,5,7,9H,3-4,6,13H2,1H3/t7-,9-/m0/s1. The second-order valence-electron chi connectivity index (χ2n) is 4.12. The van der Waals surface area contributed by atoms with Crippen LogP contribution >= 0.6 is 27.3 Å². The fraction of sp³-hybridized carbons (Fsp3) is 0.545. The molecule has 1 aromatic rings. The molecule has 0 radical (unpaired) electrons. The van der Waals surface area contributed by atoms with Gasteiger partial charge in [-0.15, -0.1) is 11.3 Å². The van der Waals surface area contributed by atoms with Crippen LogP contribution in [-0.4, -0.2) is 42.6 Å². The van der Waals surface area contributed by atoms with Crippen molar-refractivity contribution in [3.8, 4) is 0 Å². The number of morpholine rings is 1. The van der Waals surface area contributed by atoms with Crippen molar-refractivity contribution in [3.05, 3.63) is 20.8 Å². The summed E-state index contributed by atoms with van der Waals surface area (Å²) in [5, 5.41) is 1.90. The number of halogens is 1. The van der Waals surface area contributed by atoms with Gasteiger partial charge in [-0.3, -0.25) is 4.79 Å². The molecule has 94 valence electrons. The van der Waals surface area contributed by atoms with Crippen molar-refractivity contribution in [1.82, 2.24) is 4.90 Å². The Morgan fingerprint density at radius 2 is 2.53 bits per heavy atom. The SMILES string of the molecule is C[C@H](N)[C@@H]1CN(C(=O)c2sccc2Br)CCO1. The maximum absolute atomic E-state index is 12.3. The molecule has 0 aromatic carbocycles. The highest BCUT2D eigenvalue weighted by atomic mass is 79.9. The summed E-state index contributed by atoms with van der Waals surface area (Å²) in [5.41, 5.74) is 5.81. The maximum Gasteiger partial charge on any atom is 0.265 e. The third-order valence-corrected chi connectivity index (χ3v) is 4.60. The Balaban J connectivity index is 2.07. The van der Waals surface area contributed by atoms with E-state index in [0.717, 1.165) is 9.35 Å². The van der Waals surface area contributed by atoms with Crippen LogP contribution in [0.1, 0.15) is 16.6 Å². The Hall–Kier alpha value is -0.430. The summed E-state index contributed by atoms with van der Waals surface area (Å²) in [7, 11) is 0. The highest BCUT2D eigenvalue weighted by molar-refractivity contribution is 9.10. The average molecular weight is 319 g/mol. The number of nitrogens with two attached hydrogens (primary N) is 1. The fourth-order valence-corrected chi connectivity index (χ4v) is 3.28. The van der Waals surface area contributed by atoms with Gasteiger partial charge in [0, 0.05) is 23.6 Å². The van der Waals surface area contributed by atoms with Gasteiger partial charge in [0.25, 0.3) is 5.91 Å². The Morgan fingerprint density at radius 1 is 1.76 bits per heavy atom. The molecule has 2 N–H and O–H groups in total. The summed E-state index contributed by atoms with van der Waals surface area (Å²) in [6.07, 6.45) is -0.0635. The van der Waals surface area contributed by atoms with Crippen LogP contribution in [0.5, 0.6) is 0 Å². The van der Waals surface area contributed by atoms with Gasteiger partial charge in [0.2, 0.25) is 0 Å². The van der Waals surface area contributed by atoms with Crippen LogP contribution in [0.3, 0.4) is 0 Å². The second kappa shape index (κ2) is 5.48. The van der Waals surface area contributed by atoms with Crippen molar-refractivity contribution in [1.29, 1.82) is 0 Å². The van der Waals surface area contributed by atoms with Gasteiger partial charge in [0.05, 0.1) is 12.7 Å². The molecule has 0 unspecified atom stereocenters. The minimum atomic E-state index is -0.0635. The number of amides is 1. The molecule has 1 aliphatic rings. The van der Waals surface area contributed by atoms with Crippen LogP contribution < -0.4 is 5.73 Å². The fourth-order valence-electron chi connectivity index (χ4n) is 1.77. The highest BCUT2D eigenvalue weighted by Crippen LogP contribution is 2.25. The number of hydrogen-bond acceptors (Lipinski definition) is 4. The Labute approximate surface area is 113 Å². The molecule has 2 heterocycles. The van der Waals surface area contributed by atoms with E-state index in [-0.39, 0.29) is 18.1 Å². The molecule has 17 heavy (non-hydrogen) atoms. The van der Waals surface area contributed by atoms with Crippen molar-refractivity contribution < 1.29 is 9.53 Å². The average Bonchev–Trinajstić information content (AvgIpc) is 2.74. The van der Waals surface area contributed by atoms with E-state index in [1.54, 1.807) is 0 Å². The molecular weight excluding hydrogens is 304 g/mol. The number of carbonyl (C=O) groups excluding carboxylic acids is 1. The first kappa shape index (κ1) is 13.0. The van der Waals surface area contributed by atoms with Crippen molar-refractivity contribution >= 4 is 33.2 Å². The first-order chi connectivity index (χ1) is 8.09. The lowest BCUT2D eigenvalue weighted by atomic mass is 10.1. The van der Waals surface area contributed by atoms with Gasteiger partial charge in [-0.1, -0.05) is 0 Å². The number of carbonyl (C=O) groups is 1. The molecule has 0 saturated carbocycles. The van der Waals surface area contributed by atoms with E-state index in [1.165, 1.54) is 11.3 Å². The van der Waals surface area contributed by atoms with E-state index in [4.69, 9.17) is 10.5 Å². The summed E-state index contributed by atoms with van der Waals surface area (Å²) in [4.78, 5) is 14.8. The molecule has 1 aliphatic heterocycles. The lowest BCUT2D eigenvalue weighted by Gasteiger charge is -2.34. The third-order valence-electron chi connectivity index (χ3n) is 2.78. The predicted molar refractivity (Wildman–Crippen MR) is 71.3 cm³/mol. The van der Waals surface area contributed by atoms with Gasteiger partial charge in [0.1, 0.15) is 4.88 Å². The van der Waals surface area contributed by atoms with Crippen LogP contribution in [0.25, 0.3) is 0 Å². The number of hydrogen-bond donors (Lipinski definition) is 1. The summed E-state index contributed by atoms with van der Waals surface area (Å²) in [6, 6.07) is 1.83. The lowest BCUT2D eigenvalue weighted by molar-refractivity contribution is -0.0298. The van der Waals surface area contributed by atoms with Crippen LogP contribution in [0.4, 0.5) is 0 Å². The first-order valence-electron chi connectivity index (χ1n) is 5.49. The topological polar surface area (TPSA) is 55.6 Å². The monoisotopic (exact) mass is 318 g/mol. The second-order valence-corrected chi connectivity index (χ2v) is 5.89. The molecule has 0 bridgehead atoms. The largest absolute Gasteiger partial charge is 0.373 e. The van der Waals surface area contributed by atoms with E-state index in [1.807, 2.05) is 23.3 Å². The zero-order valence-corrected chi connectivity index (χ0v) is 12.0. The molecule has 1 aromatic heterocycles. The summed E-state index contributed by atoms with van der Waals surface area (Å²) in [6.45, 7) is 3.66. The Morgan fingerprint density at radius 3 is 3.12 bits per heavy atom. The number of nitrogens with zero attached hydrogens (tertiary/aromatic N) is 1. The minimum absolute atomic E-state index is 0.0563. The van der Waals surface area contributed by atoms with Crippen molar-refractivity contribution in [2.24, 2.45) is 5.73 Å². The van der Waals surface area contributed by atoms with Gasteiger partial charge in [0.15, 0.2) is 0 Å². The normalized spacial score (nSPS) is 22.5. The van der Waals surface area contributed by atoms with Crippen molar-refractivity contribution in [2.45, 2.75) is 19.1 Å². The number of thiophene rings is 1. The van der Waals surface area contributed by atoms with Crippen LogP contribution in [-0.2, 0) is 4.74 Å². The van der Waals surface area contributed by atoms with Gasteiger partial charge >= 0.3 is 0 Å². The van der Waals surface area contributed by atoms with E-state index >= 15 is 0 Å². The van der Waals surface area contributed by atoms with E-state index < -0.39 is 0 Å². The summed E-state index contributed by atoms with van der Waals surface area (Å²) >= 11 is 4.84. The van der Waals surface area contributed by atoms with E-state index in [0.29, 0.717) is 19.7 Å². The minimum Gasteiger partial charge on any atom is -0.373 e. The van der Waals surface area contributed by atoms with Gasteiger partial charge in [-0.2, -0.15) is 0 Å². The molecule has 0 aliphatic carbocycles. The molecule has 6 heteroatoms. The van der Waals surface area contributed by atoms with Gasteiger partial charge in [-0.25, -0.2) is 0 Å². The molecule has 4 nitrogen and oxygen atoms in total.